The number of nitrogens with zero attached hydrogens (tertiary/aromatic N) is 1. The first kappa shape index (κ1) is 16.9. The van der Waals surface area contributed by atoms with Gasteiger partial charge in [0.1, 0.15) is 5.78 Å². The molecule has 1 heterocycles. The lowest BCUT2D eigenvalue weighted by atomic mass is 10.0. The van der Waals surface area contributed by atoms with Crippen molar-refractivity contribution >= 4 is 5.78 Å². The highest BCUT2D eigenvalue weighted by molar-refractivity contribution is 5.80. The molecule has 112 valence electrons. The zero-order valence-corrected chi connectivity index (χ0v) is 12.9. The number of carbonyl (C=O) groups excluding carboxylic acids is 1. The summed E-state index contributed by atoms with van der Waals surface area (Å²) >= 11 is 0. The van der Waals surface area contributed by atoms with E-state index in [4.69, 9.17) is 0 Å². The standard InChI is InChI=1S/C18H29NO/c1-2-3-4-5-6-7-8-9-10-11-18(20)16-17-12-14-19-15-13-17/h12-15H,2-11,16H2,1H3. The molecule has 0 N–H and O–H groups in total. The maximum atomic E-state index is 11.8. The third-order valence-electron chi connectivity index (χ3n) is 3.71. The lowest BCUT2D eigenvalue weighted by Gasteiger charge is -2.02. The van der Waals surface area contributed by atoms with Crippen LogP contribution in [0.25, 0.3) is 0 Å². The van der Waals surface area contributed by atoms with Crippen LogP contribution in [0.3, 0.4) is 0 Å². The summed E-state index contributed by atoms with van der Waals surface area (Å²) in [5.74, 6) is 0.360. The molecule has 1 aromatic rings. The first-order chi connectivity index (χ1) is 9.83. The smallest absolute Gasteiger partial charge is 0.137 e. The van der Waals surface area contributed by atoms with Crippen molar-refractivity contribution in [3.8, 4) is 0 Å². The minimum atomic E-state index is 0.360. The van der Waals surface area contributed by atoms with Crippen LogP contribution in [0.15, 0.2) is 24.5 Å². The van der Waals surface area contributed by atoms with Crippen LogP contribution in [0.5, 0.6) is 0 Å². The molecule has 0 saturated heterocycles. The molecule has 0 aromatic carbocycles. The van der Waals surface area contributed by atoms with E-state index in [0.717, 1.165) is 18.4 Å². The van der Waals surface area contributed by atoms with Crippen molar-refractivity contribution in [3.63, 3.8) is 0 Å². The summed E-state index contributed by atoms with van der Waals surface area (Å²) in [5, 5.41) is 0. The Hall–Kier alpha value is -1.18. The van der Waals surface area contributed by atoms with Crippen molar-refractivity contribution < 1.29 is 4.79 Å². The van der Waals surface area contributed by atoms with Gasteiger partial charge in [-0.2, -0.15) is 0 Å². The quantitative estimate of drug-likeness (QED) is 0.496. The van der Waals surface area contributed by atoms with Gasteiger partial charge >= 0.3 is 0 Å². The predicted molar refractivity (Wildman–Crippen MR) is 84.8 cm³/mol. The van der Waals surface area contributed by atoms with Crippen LogP contribution in [0, 0.1) is 0 Å². The van der Waals surface area contributed by atoms with Gasteiger partial charge in [0.25, 0.3) is 0 Å². The lowest BCUT2D eigenvalue weighted by molar-refractivity contribution is -0.118. The van der Waals surface area contributed by atoms with Crippen LogP contribution in [0.1, 0.15) is 76.7 Å². The number of hydrogen-bond donors (Lipinski definition) is 0. The Morgan fingerprint density at radius 2 is 1.45 bits per heavy atom. The molecule has 0 saturated carbocycles. The molecule has 0 fully saturated rings. The number of carbonyl (C=O) groups is 1. The second-order valence-corrected chi connectivity index (χ2v) is 5.65. The minimum absolute atomic E-state index is 0.360. The van der Waals surface area contributed by atoms with Crippen LogP contribution < -0.4 is 0 Å². The number of pyridine rings is 1. The zero-order valence-electron chi connectivity index (χ0n) is 12.9. The molecule has 2 heteroatoms. The predicted octanol–water partition coefficient (Wildman–Crippen LogP) is 5.11. The highest BCUT2D eigenvalue weighted by Crippen LogP contribution is 2.11. The molecule has 0 radical (unpaired) electrons. The summed E-state index contributed by atoms with van der Waals surface area (Å²) in [5.41, 5.74) is 1.08. The summed E-state index contributed by atoms with van der Waals surface area (Å²) in [7, 11) is 0. The minimum Gasteiger partial charge on any atom is -0.299 e. The highest BCUT2D eigenvalue weighted by atomic mass is 16.1. The van der Waals surface area contributed by atoms with Gasteiger partial charge in [-0.25, -0.2) is 0 Å². The van der Waals surface area contributed by atoms with Crippen molar-refractivity contribution in [3.05, 3.63) is 30.1 Å². The van der Waals surface area contributed by atoms with E-state index >= 15 is 0 Å². The van der Waals surface area contributed by atoms with E-state index in [2.05, 4.69) is 11.9 Å². The average molecular weight is 275 g/mol. The summed E-state index contributed by atoms with van der Waals surface area (Å²) in [6.45, 7) is 2.25. The third-order valence-corrected chi connectivity index (χ3v) is 3.71. The first-order valence-corrected chi connectivity index (χ1v) is 8.23. The fourth-order valence-corrected chi connectivity index (χ4v) is 2.45. The van der Waals surface area contributed by atoms with Gasteiger partial charge in [-0.3, -0.25) is 9.78 Å². The van der Waals surface area contributed by atoms with Crippen LogP contribution in [-0.2, 0) is 11.2 Å². The van der Waals surface area contributed by atoms with Crippen LogP contribution >= 0.6 is 0 Å². The number of hydrogen-bond acceptors (Lipinski definition) is 2. The topological polar surface area (TPSA) is 30.0 Å². The Morgan fingerprint density at radius 3 is 2.05 bits per heavy atom. The molecule has 1 rings (SSSR count). The van der Waals surface area contributed by atoms with E-state index in [1.807, 2.05) is 12.1 Å². The summed E-state index contributed by atoms with van der Waals surface area (Å²) in [4.78, 5) is 15.8. The number of ketones is 1. The first-order valence-electron chi connectivity index (χ1n) is 8.23. The average Bonchev–Trinajstić information content (AvgIpc) is 2.46. The second-order valence-electron chi connectivity index (χ2n) is 5.65. The molecule has 0 spiro atoms. The van der Waals surface area contributed by atoms with Crippen molar-refractivity contribution in [2.75, 3.05) is 0 Å². The van der Waals surface area contributed by atoms with Crippen molar-refractivity contribution in [2.24, 2.45) is 0 Å². The van der Waals surface area contributed by atoms with Crippen LogP contribution in [-0.4, -0.2) is 10.8 Å². The molecule has 0 amide bonds. The Morgan fingerprint density at radius 1 is 0.900 bits per heavy atom. The number of unbranched alkanes of at least 4 members (excludes halogenated alkanes) is 8. The Kier molecular flexibility index (Phi) is 9.81. The highest BCUT2D eigenvalue weighted by Gasteiger charge is 2.03. The van der Waals surface area contributed by atoms with Gasteiger partial charge in [-0.05, 0) is 24.1 Å². The SMILES string of the molecule is CCCCCCCCCCCC(=O)Cc1ccncc1. The maximum Gasteiger partial charge on any atom is 0.137 e. The van der Waals surface area contributed by atoms with Crippen LogP contribution in [0.2, 0.25) is 0 Å². The lowest BCUT2D eigenvalue weighted by Crippen LogP contribution is -2.02. The second kappa shape index (κ2) is 11.6. The zero-order chi connectivity index (χ0) is 14.5. The molecule has 1 aromatic heterocycles. The molecule has 0 aliphatic carbocycles. The molecule has 0 bridgehead atoms. The van der Waals surface area contributed by atoms with Crippen molar-refractivity contribution in [1.29, 1.82) is 0 Å². The van der Waals surface area contributed by atoms with E-state index in [-0.39, 0.29) is 0 Å². The van der Waals surface area contributed by atoms with Gasteiger partial charge in [0.2, 0.25) is 0 Å². The summed E-state index contributed by atoms with van der Waals surface area (Å²) in [6.07, 6.45) is 16.5. The van der Waals surface area contributed by atoms with E-state index in [1.165, 1.54) is 51.4 Å². The van der Waals surface area contributed by atoms with Gasteiger partial charge in [-0.15, -0.1) is 0 Å². The van der Waals surface area contributed by atoms with E-state index in [1.54, 1.807) is 12.4 Å². The number of aromatic nitrogens is 1. The maximum absolute atomic E-state index is 11.8. The molecular formula is C18H29NO. The van der Waals surface area contributed by atoms with Crippen molar-refractivity contribution in [1.82, 2.24) is 4.98 Å². The monoisotopic (exact) mass is 275 g/mol. The van der Waals surface area contributed by atoms with E-state index in [0.29, 0.717) is 12.2 Å². The van der Waals surface area contributed by atoms with Gasteiger partial charge < -0.3 is 0 Å². The largest absolute Gasteiger partial charge is 0.299 e. The Bertz CT molecular complexity index is 348. The molecular weight excluding hydrogens is 246 g/mol. The molecule has 0 aliphatic rings. The number of rotatable bonds is 12. The summed E-state index contributed by atoms with van der Waals surface area (Å²) in [6, 6.07) is 3.85. The van der Waals surface area contributed by atoms with Gasteiger partial charge in [-0.1, -0.05) is 58.3 Å². The van der Waals surface area contributed by atoms with Gasteiger partial charge in [0, 0.05) is 25.2 Å². The molecule has 2 nitrogen and oxygen atoms in total. The third kappa shape index (κ3) is 8.84. The Balaban J connectivity index is 1.92. The molecule has 0 unspecified atom stereocenters. The van der Waals surface area contributed by atoms with Gasteiger partial charge in [0.05, 0.1) is 0 Å². The number of Topliss-reactive ketones (excluding diaryl/α,β-unsaturated/α-hetero) is 1. The van der Waals surface area contributed by atoms with Crippen molar-refractivity contribution in [2.45, 2.75) is 77.6 Å². The van der Waals surface area contributed by atoms with Crippen LogP contribution in [0.4, 0.5) is 0 Å². The molecule has 0 aliphatic heterocycles. The van der Waals surface area contributed by atoms with Gasteiger partial charge in [0.15, 0.2) is 0 Å². The van der Waals surface area contributed by atoms with E-state index in [9.17, 15) is 4.79 Å². The van der Waals surface area contributed by atoms with E-state index < -0.39 is 0 Å². The fraction of sp³-hybridized carbons (Fsp3) is 0.667. The molecule has 0 atom stereocenters. The normalized spacial score (nSPS) is 10.7. The summed E-state index contributed by atoms with van der Waals surface area (Å²) < 4.78 is 0. The Labute approximate surface area is 124 Å². The fourth-order valence-electron chi connectivity index (χ4n) is 2.45. The molecule has 20 heavy (non-hydrogen) atoms.